The molecule has 2 heteroatoms. The van der Waals surface area contributed by atoms with Crippen LogP contribution in [0.2, 0.25) is 0 Å². The lowest BCUT2D eigenvalue weighted by Crippen LogP contribution is -2.30. The van der Waals surface area contributed by atoms with Gasteiger partial charge in [-0.15, -0.1) is 0 Å². The Morgan fingerprint density at radius 2 is 1.85 bits per heavy atom. The first kappa shape index (κ1) is 14.8. The van der Waals surface area contributed by atoms with Gasteiger partial charge in [-0.3, -0.25) is 4.79 Å². The molecule has 1 fully saturated rings. The quantitative estimate of drug-likeness (QED) is 0.765. The molecule has 0 heterocycles. The average Bonchev–Trinajstić information content (AvgIpc) is 2.43. The molecule has 0 N–H and O–H groups in total. The van der Waals surface area contributed by atoms with Gasteiger partial charge in [0.1, 0.15) is 5.75 Å². The minimum Gasteiger partial charge on any atom is -0.497 e. The summed E-state index contributed by atoms with van der Waals surface area (Å²) in [4.78, 5) is 12.6. The third kappa shape index (κ3) is 3.12. The molecule has 2 atom stereocenters. The Morgan fingerprint density at radius 1 is 1.20 bits per heavy atom. The van der Waals surface area contributed by atoms with Crippen molar-refractivity contribution < 1.29 is 9.53 Å². The maximum atomic E-state index is 12.6. The van der Waals surface area contributed by atoms with E-state index in [4.69, 9.17) is 4.74 Å². The van der Waals surface area contributed by atoms with E-state index in [2.05, 4.69) is 26.8 Å². The van der Waals surface area contributed by atoms with Crippen LogP contribution in [0.15, 0.2) is 29.8 Å². The first-order valence-corrected chi connectivity index (χ1v) is 7.42. The number of methoxy groups -OCH3 is 1. The van der Waals surface area contributed by atoms with Crippen molar-refractivity contribution in [3.63, 3.8) is 0 Å². The maximum Gasteiger partial charge on any atom is 0.162 e. The lowest BCUT2D eigenvalue weighted by Gasteiger charge is -2.30. The van der Waals surface area contributed by atoms with E-state index in [1.807, 2.05) is 24.3 Å². The lowest BCUT2D eigenvalue weighted by molar-refractivity contribution is -0.122. The van der Waals surface area contributed by atoms with Gasteiger partial charge in [-0.1, -0.05) is 32.9 Å². The molecule has 0 spiro atoms. The standard InChI is InChI=1S/C18H24O2/c1-12(2)16-10-5-13(3)17(18(16)19)11-14-6-8-15(20-4)9-7-14/h6-9,11-13,16H,5,10H2,1-4H3/b17-11-/t13-,16-/m1/s1. The van der Waals surface area contributed by atoms with Gasteiger partial charge < -0.3 is 4.74 Å². The van der Waals surface area contributed by atoms with Crippen LogP contribution in [0, 0.1) is 17.8 Å². The molecular weight excluding hydrogens is 248 g/mol. The maximum absolute atomic E-state index is 12.6. The van der Waals surface area contributed by atoms with Crippen molar-refractivity contribution in [2.75, 3.05) is 7.11 Å². The Morgan fingerprint density at radius 3 is 2.40 bits per heavy atom. The Hall–Kier alpha value is -1.57. The first-order chi connectivity index (χ1) is 9.52. The van der Waals surface area contributed by atoms with E-state index in [1.165, 1.54) is 0 Å². The van der Waals surface area contributed by atoms with Gasteiger partial charge in [0.15, 0.2) is 5.78 Å². The van der Waals surface area contributed by atoms with E-state index < -0.39 is 0 Å². The number of carbonyl (C=O) groups is 1. The molecule has 0 amide bonds. The predicted octanol–water partition coefficient (Wildman–Crippen LogP) is 4.35. The van der Waals surface area contributed by atoms with Crippen LogP contribution >= 0.6 is 0 Å². The second kappa shape index (κ2) is 6.25. The average molecular weight is 272 g/mol. The normalized spacial score (nSPS) is 25.2. The highest BCUT2D eigenvalue weighted by Crippen LogP contribution is 2.35. The van der Waals surface area contributed by atoms with E-state index in [9.17, 15) is 4.79 Å². The highest BCUT2D eigenvalue weighted by Gasteiger charge is 2.32. The fourth-order valence-corrected chi connectivity index (χ4v) is 2.90. The topological polar surface area (TPSA) is 26.3 Å². The molecule has 0 unspecified atom stereocenters. The second-order valence-corrected chi connectivity index (χ2v) is 6.07. The number of hydrogen-bond donors (Lipinski definition) is 0. The summed E-state index contributed by atoms with van der Waals surface area (Å²) in [5.74, 6) is 2.16. The smallest absolute Gasteiger partial charge is 0.162 e. The summed E-state index contributed by atoms with van der Waals surface area (Å²) in [6.07, 6.45) is 4.19. The van der Waals surface area contributed by atoms with Crippen molar-refractivity contribution >= 4 is 11.9 Å². The molecule has 0 aromatic heterocycles. The summed E-state index contributed by atoms with van der Waals surface area (Å²) in [7, 11) is 1.66. The van der Waals surface area contributed by atoms with E-state index >= 15 is 0 Å². The Labute approximate surface area is 121 Å². The number of carbonyl (C=O) groups excluding carboxylic acids is 1. The van der Waals surface area contributed by atoms with Gasteiger partial charge in [0.05, 0.1) is 7.11 Å². The number of ketones is 1. The second-order valence-electron chi connectivity index (χ2n) is 6.07. The molecule has 2 nitrogen and oxygen atoms in total. The molecule has 2 rings (SSSR count). The number of allylic oxidation sites excluding steroid dienone is 1. The molecule has 1 aliphatic carbocycles. The fourth-order valence-electron chi connectivity index (χ4n) is 2.90. The molecule has 1 saturated carbocycles. The van der Waals surface area contributed by atoms with Crippen molar-refractivity contribution in [3.05, 3.63) is 35.4 Å². The van der Waals surface area contributed by atoms with Gasteiger partial charge in [-0.25, -0.2) is 0 Å². The highest BCUT2D eigenvalue weighted by molar-refractivity contribution is 6.02. The van der Waals surface area contributed by atoms with E-state index in [1.54, 1.807) is 7.11 Å². The van der Waals surface area contributed by atoms with Crippen molar-refractivity contribution in [1.29, 1.82) is 0 Å². The summed E-state index contributed by atoms with van der Waals surface area (Å²) < 4.78 is 5.16. The van der Waals surface area contributed by atoms with Crippen LogP contribution in [0.5, 0.6) is 5.75 Å². The number of Topliss-reactive ketones (excluding diaryl/α,β-unsaturated/α-hetero) is 1. The van der Waals surface area contributed by atoms with Crippen molar-refractivity contribution in [2.45, 2.75) is 33.6 Å². The summed E-state index contributed by atoms with van der Waals surface area (Å²) in [5, 5.41) is 0. The Balaban J connectivity index is 2.27. The number of ether oxygens (including phenoxy) is 1. The van der Waals surface area contributed by atoms with Gasteiger partial charge in [0, 0.05) is 5.92 Å². The largest absolute Gasteiger partial charge is 0.497 e. The van der Waals surface area contributed by atoms with Gasteiger partial charge in [0.2, 0.25) is 0 Å². The van der Waals surface area contributed by atoms with Crippen LogP contribution in [-0.2, 0) is 4.79 Å². The van der Waals surface area contributed by atoms with Crippen molar-refractivity contribution in [1.82, 2.24) is 0 Å². The fraction of sp³-hybridized carbons (Fsp3) is 0.500. The predicted molar refractivity (Wildman–Crippen MR) is 82.7 cm³/mol. The zero-order valence-corrected chi connectivity index (χ0v) is 12.8. The Bertz CT molecular complexity index is 497. The SMILES string of the molecule is COc1ccc(/C=C2\C(=O)[C@@H](C(C)C)CC[C@H]2C)cc1. The molecule has 0 saturated heterocycles. The van der Waals surface area contributed by atoms with Crippen LogP contribution in [0.25, 0.3) is 6.08 Å². The van der Waals surface area contributed by atoms with Crippen LogP contribution in [0.4, 0.5) is 0 Å². The van der Waals surface area contributed by atoms with E-state index in [0.717, 1.165) is 29.7 Å². The third-order valence-corrected chi connectivity index (χ3v) is 4.31. The minimum atomic E-state index is 0.190. The van der Waals surface area contributed by atoms with Crippen LogP contribution < -0.4 is 4.74 Å². The minimum absolute atomic E-state index is 0.190. The molecule has 1 aromatic rings. The molecule has 0 bridgehead atoms. The summed E-state index contributed by atoms with van der Waals surface area (Å²) in [5.41, 5.74) is 2.06. The molecule has 1 aliphatic rings. The monoisotopic (exact) mass is 272 g/mol. The van der Waals surface area contributed by atoms with Gasteiger partial charge in [-0.2, -0.15) is 0 Å². The first-order valence-electron chi connectivity index (χ1n) is 7.42. The highest BCUT2D eigenvalue weighted by atomic mass is 16.5. The van der Waals surface area contributed by atoms with E-state index in [0.29, 0.717) is 17.6 Å². The molecule has 1 aromatic carbocycles. The lowest BCUT2D eigenvalue weighted by atomic mass is 9.73. The van der Waals surface area contributed by atoms with Crippen LogP contribution in [-0.4, -0.2) is 12.9 Å². The summed E-state index contributed by atoms with van der Waals surface area (Å²) >= 11 is 0. The summed E-state index contributed by atoms with van der Waals surface area (Å²) in [6.45, 7) is 6.44. The molecular formula is C18H24O2. The van der Waals surface area contributed by atoms with Crippen LogP contribution in [0.1, 0.15) is 39.2 Å². The van der Waals surface area contributed by atoms with Gasteiger partial charge >= 0.3 is 0 Å². The van der Waals surface area contributed by atoms with Gasteiger partial charge in [0.25, 0.3) is 0 Å². The molecule has 108 valence electrons. The van der Waals surface area contributed by atoms with Crippen molar-refractivity contribution in [2.24, 2.45) is 17.8 Å². The van der Waals surface area contributed by atoms with Crippen molar-refractivity contribution in [3.8, 4) is 5.75 Å². The Kier molecular flexibility index (Phi) is 4.64. The number of benzene rings is 1. The third-order valence-electron chi connectivity index (χ3n) is 4.31. The molecule has 20 heavy (non-hydrogen) atoms. The van der Waals surface area contributed by atoms with E-state index in [-0.39, 0.29) is 5.92 Å². The zero-order valence-electron chi connectivity index (χ0n) is 12.8. The summed E-state index contributed by atoms with van der Waals surface area (Å²) in [6, 6.07) is 7.88. The van der Waals surface area contributed by atoms with Crippen LogP contribution in [0.3, 0.4) is 0 Å². The number of hydrogen-bond acceptors (Lipinski definition) is 2. The number of rotatable bonds is 3. The molecule has 0 aliphatic heterocycles. The molecule has 0 radical (unpaired) electrons. The van der Waals surface area contributed by atoms with Gasteiger partial charge in [-0.05, 0) is 54.0 Å². The zero-order chi connectivity index (χ0) is 14.7.